The highest BCUT2D eigenvalue weighted by atomic mass is 16.3. The van der Waals surface area contributed by atoms with E-state index in [1.165, 1.54) is 12.6 Å². The van der Waals surface area contributed by atoms with Crippen molar-refractivity contribution in [1.82, 2.24) is 9.97 Å². The average Bonchev–Trinajstić information content (AvgIpc) is 2.22. The fraction of sp³-hybridized carbons (Fsp3) is 0.636. The van der Waals surface area contributed by atoms with Gasteiger partial charge in [-0.25, -0.2) is 4.98 Å². The largest absolute Gasteiger partial charge is 0.396 e. The van der Waals surface area contributed by atoms with Crippen LogP contribution in [0.2, 0.25) is 0 Å². The number of hydrogen-bond donors (Lipinski definition) is 2. The molecule has 1 saturated carbocycles. The Labute approximate surface area is 94.1 Å². The van der Waals surface area contributed by atoms with Crippen LogP contribution in [-0.4, -0.2) is 34.3 Å². The van der Waals surface area contributed by atoms with Gasteiger partial charge in [-0.15, -0.1) is 0 Å². The zero-order valence-corrected chi connectivity index (χ0v) is 9.22. The summed E-state index contributed by atoms with van der Waals surface area (Å²) in [5, 5.41) is 8.87. The minimum absolute atomic E-state index is 0.146. The van der Waals surface area contributed by atoms with E-state index in [1.807, 2.05) is 4.90 Å². The van der Waals surface area contributed by atoms with E-state index >= 15 is 0 Å². The van der Waals surface area contributed by atoms with Crippen molar-refractivity contribution < 1.29 is 5.11 Å². The maximum atomic E-state index is 11.6. The highest BCUT2D eigenvalue weighted by Crippen LogP contribution is 2.26. The molecule has 0 bridgehead atoms. The molecule has 2 rings (SSSR count). The number of aliphatic hydroxyl groups is 1. The Morgan fingerprint density at radius 2 is 2.38 bits per heavy atom. The van der Waals surface area contributed by atoms with E-state index < -0.39 is 0 Å². The van der Waals surface area contributed by atoms with Gasteiger partial charge in [-0.3, -0.25) is 4.79 Å². The van der Waals surface area contributed by atoms with Crippen LogP contribution in [0.4, 0.5) is 5.82 Å². The lowest BCUT2D eigenvalue weighted by atomic mass is 9.91. The first-order valence-electron chi connectivity index (χ1n) is 5.74. The number of nitrogens with zero attached hydrogens (tertiary/aromatic N) is 2. The third-order valence-electron chi connectivity index (χ3n) is 3.03. The minimum atomic E-state index is -0.146. The van der Waals surface area contributed by atoms with Crippen molar-refractivity contribution in [3.05, 3.63) is 22.7 Å². The van der Waals surface area contributed by atoms with Gasteiger partial charge in [-0.2, -0.15) is 0 Å². The molecule has 0 amide bonds. The molecule has 1 fully saturated rings. The van der Waals surface area contributed by atoms with E-state index in [4.69, 9.17) is 5.11 Å². The fourth-order valence-electron chi connectivity index (χ4n) is 1.95. The molecule has 0 atom stereocenters. The van der Waals surface area contributed by atoms with Gasteiger partial charge in [-0.1, -0.05) is 0 Å². The molecule has 1 aliphatic carbocycles. The summed E-state index contributed by atoms with van der Waals surface area (Å²) < 4.78 is 0. The second-order valence-electron chi connectivity index (χ2n) is 4.10. The highest BCUT2D eigenvalue weighted by molar-refractivity contribution is 5.37. The van der Waals surface area contributed by atoms with Crippen LogP contribution in [0.1, 0.15) is 25.7 Å². The number of anilines is 1. The molecule has 5 heteroatoms. The Morgan fingerprint density at radius 1 is 1.56 bits per heavy atom. The van der Waals surface area contributed by atoms with Crippen LogP contribution in [-0.2, 0) is 0 Å². The van der Waals surface area contributed by atoms with E-state index in [0.717, 1.165) is 12.8 Å². The van der Waals surface area contributed by atoms with Crippen molar-refractivity contribution in [3.8, 4) is 0 Å². The summed E-state index contributed by atoms with van der Waals surface area (Å²) in [5.74, 6) is 0.487. The molecule has 1 heterocycles. The quantitative estimate of drug-likeness (QED) is 0.763. The predicted molar refractivity (Wildman–Crippen MR) is 61.5 cm³/mol. The molecule has 1 aromatic rings. The first-order chi connectivity index (χ1) is 7.83. The maximum absolute atomic E-state index is 11.6. The van der Waals surface area contributed by atoms with E-state index in [0.29, 0.717) is 24.8 Å². The summed E-state index contributed by atoms with van der Waals surface area (Å²) in [4.78, 5) is 20.4. The molecule has 16 heavy (non-hydrogen) atoms. The molecule has 5 nitrogen and oxygen atoms in total. The molecule has 2 N–H and O–H groups in total. The first-order valence-corrected chi connectivity index (χ1v) is 5.74. The van der Waals surface area contributed by atoms with Gasteiger partial charge >= 0.3 is 0 Å². The van der Waals surface area contributed by atoms with Crippen molar-refractivity contribution in [1.29, 1.82) is 0 Å². The third-order valence-corrected chi connectivity index (χ3v) is 3.03. The molecule has 0 spiro atoms. The highest BCUT2D eigenvalue weighted by Gasteiger charge is 2.26. The van der Waals surface area contributed by atoms with Crippen LogP contribution in [0.3, 0.4) is 0 Å². The van der Waals surface area contributed by atoms with Crippen LogP contribution in [0, 0.1) is 0 Å². The molecule has 0 unspecified atom stereocenters. The lowest BCUT2D eigenvalue weighted by Crippen LogP contribution is -2.44. The topological polar surface area (TPSA) is 69.2 Å². The number of aromatic nitrogens is 2. The Kier molecular flexibility index (Phi) is 3.56. The smallest absolute Gasteiger partial charge is 0.290 e. The molecule has 1 aliphatic rings. The van der Waals surface area contributed by atoms with Crippen LogP contribution in [0.5, 0.6) is 0 Å². The van der Waals surface area contributed by atoms with E-state index in [-0.39, 0.29) is 12.2 Å². The Hall–Kier alpha value is -1.36. The maximum Gasteiger partial charge on any atom is 0.290 e. The van der Waals surface area contributed by atoms with E-state index in [1.54, 1.807) is 6.20 Å². The zero-order chi connectivity index (χ0) is 11.4. The first kappa shape index (κ1) is 11.1. The van der Waals surface area contributed by atoms with Gasteiger partial charge in [0.15, 0.2) is 5.82 Å². The van der Waals surface area contributed by atoms with Crippen molar-refractivity contribution in [2.24, 2.45) is 0 Å². The summed E-state index contributed by atoms with van der Waals surface area (Å²) >= 11 is 0. The number of aromatic amines is 1. The van der Waals surface area contributed by atoms with Gasteiger partial charge in [0.2, 0.25) is 0 Å². The SMILES string of the molecule is O=c1[nH]ccnc1N(CCCO)C1CCC1. The fourth-order valence-corrected chi connectivity index (χ4v) is 1.95. The summed E-state index contributed by atoms with van der Waals surface area (Å²) in [6, 6.07) is 0.419. The van der Waals surface area contributed by atoms with Gasteiger partial charge in [-0.05, 0) is 25.7 Å². The summed E-state index contributed by atoms with van der Waals surface area (Å²) in [6.07, 6.45) is 7.25. The van der Waals surface area contributed by atoms with Gasteiger partial charge < -0.3 is 15.0 Å². The van der Waals surface area contributed by atoms with Crippen LogP contribution in [0.15, 0.2) is 17.2 Å². The summed E-state index contributed by atoms with van der Waals surface area (Å²) in [5.41, 5.74) is -0.146. The molecular weight excluding hydrogens is 206 g/mol. The standard InChI is InChI=1S/C11H17N3O2/c15-8-2-7-14(9-3-1-4-9)10-11(16)13-6-5-12-10/h5-6,9,15H,1-4,7-8H2,(H,13,16). The molecule has 0 aromatic carbocycles. The van der Waals surface area contributed by atoms with Crippen molar-refractivity contribution in [3.63, 3.8) is 0 Å². The van der Waals surface area contributed by atoms with Gasteiger partial charge in [0.25, 0.3) is 5.56 Å². The number of rotatable bonds is 5. The molecule has 88 valence electrons. The van der Waals surface area contributed by atoms with Crippen molar-refractivity contribution in [2.45, 2.75) is 31.7 Å². The predicted octanol–water partition coefficient (Wildman–Crippen LogP) is 0.511. The van der Waals surface area contributed by atoms with Crippen LogP contribution < -0.4 is 10.5 Å². The van der Waals surface area contributed by atoms with Gasteiger partial charge in [0.05, 0.1) is 0 Å². The van der Waals surface area contributed by atoms with E-state index in [2.05, 4.69) is 9.97 Å². The third kappa shape index (κ3) is 2.24. The monoisotopic (exact) mass is 223 g/mol. The molecule has 0 saturated heterocycles. The number of nitrogens with one attached hydrogen (secondary N) is 1. The second-order valence-corrected chi connectivity index (χ2v) is 4.10. The Balaban J connectivity index is 2.17. The molecule has 0 radical (unpaired) electrons. The Morgan fingerprint density at radius 3 is 2.94 bits per heavy atom. The number of hydrogen-bond acceptors (Lipinski definition) is 4. The second kappa shape index (κ2) is 5.12. The lowest BCUT2D eigenvalue weighted by molar-refractivity contribution is 0.282. The van der Waals surface area contributed by atoms with Crippen molar-refractivity contribution in [2.75, 3.05) is 18.1 Å². The summed E-state index contributed by atoms with van der Waals surface area (Å²) in [7, 11) is 0. The average molecular weight is 223 g/mol. The molecule has 1 aromatic heterocycles. The van der Waals surface area contributed by atoms with Crippen LogP contribution in [0.25, 0.3) is 0 Å². The van der Waals surface area contributed by atoms with Crippen molar-refractivity contribution >= 4 is 5.82 Å². The zero-order valence-electron chi connectivity index (χ0n) is 9.22. The van der Waals surface area contributed by atoms with Gasteiger partial charge in [0.1, 0.15) is 0 Å². The summed E-state index contributed by atoms with van der Waals surface area (Å²) in [6.45, 7) is 0.842. The Bertz CT molecular complexity index is 387. The number of aliphatic hydroxyl groups excluding tert-OH is 1. The van der Waals surface area contributed by atoms with E-state index in [9.17, 15) is 4.79 Å². The lowest BCUT2D eigenvalue weighted by Gasteiger charge is -2.37. The van der Waals surface area contributed by atoms with Crippen LogP contribution >= 0.6 is 0 Å². The minimum Gasteiger partial charge on any atom is -0.396 e. The molecular formula is C11H17N3O2. The molecule has 0 aliphatic heterocycles. The normalized spacial score (nSPS) is 15.8. The number of H-pyrrole nitrogens is 1. The van der Waals surface area contributed by atoms with Gasteiger partial charge in [0, 0.05) is 31.6 Å².